The standard InChI is InChI=1S/C20H18N4O3S/c1-3-26-19(25)17-15(14-8-4-5-9-16(14)27-17)12-28-20-23-22-18(24(20)2)13-7-6-10-21-11-13/h4-11H,3,12H2,1-2H3. The maximum absolute atomic E-state index is 12.3. The van der Waals surface area contributed by atoms with Crippen LogP contribution in [-0.4, -0.2) is 32.3 Å². The molecule has 1 aromatic carbocycles. The Morgan fingerprint density at radius 1 is 1.21 bits per heavy atom. The van der Waals surface area contributed by atoms with E-state index in [-0.39, 0.29) is 5.76 Å². The van der Waals surface area contributed by atoms with Gasteiger partial charge >= 0.3 is 5.97 Å². The molecule has 0 aliphatic carbocycles. The van der Waals surface area contributed by atoms with Crippen molar-refractivity contribution in [1.29, 1.82) is 0 Å². The van der Waals surface area contributed by atoms with Gasteiger partial charge in [-0.25, -0.2) is 4.79 Å². The van der Waals surface area contributed by atoms with E-state index < -0.39 is 5.97 Å². The number of furan rings is 1. The van der Waals surface area contributed by atoms with Crippen LogP contribution in [0.25, 0.3) is 22.4 Å². The molecule has 4 aromatic rings. The van der Waals surface area contributed by atoms with Crippen LogP contribution in [0.1, 0.15) is 23.0 Å². The van der Waals surface area contributed by atoms with Crippen LogP contribution in [0, 0.1) is 0 Å². The summed E-state index contributed by atoms with van der Waals surface area (Å²) in [5.74, 6) is 1.02. The van der Waals surface area contributed by atoms with Crippen molar-refractivity contribution in [2.24, 2.45) is 7.05 Å². The summed E-state index contributed by atoms with van der Waals surface area (Å²) < 4.78 is 12.8. The monoisotopic (exact) mass is 394 g/mol. The number of rotatable bonds is 6. The zero-order chi connectivity index (χ0) is 19.5. The minimum atomic E-state index is -0.455. The van der Waals surface area contributed by atoms with Crippen LogP contribution in [0.3, 0.4) is 0 Å². The minimum Gasteiger partial charge on any atom is -0.460 e. The van der Waals surface area contributed by atoms with Gasteiger partial charge < -0.3 is 13.7 Å². The molecule has 3 heterocycles. The molecule has 4 rings (SSSR count). The molecule has 0 radical (unpaired) electrons. The average Bonchev–Trinajstić information content (AvgIpc) is 3.28. The summed E-state index contributed by atoms with van der Waals surface area (Å²) in [7, 11) is 1.91. The number of nitrogens with zero attached hydrogens (tertiary/aromatic N) is 4. The van der Waals surface area contributed by atoms with Crippen LogP contribution < -0.4 is 0 Å². The number of ether oxygens (including phenoxy) is 1. The molecule has 142 valence electrons. The predicted molar refractivity (Wildman–Crippen MR) is 106 cm³/mol. The zero-order valence-electron chi connectivity index (χ0n) is 15.5. The van der Waals surface area contributed by atoms with Crippen LogP contribution in [0.4, 0.5) is 0 Å². The molecular weight excluding hydrogens is 376 g/mol. The first-order chi connectivity index (χ1) is 13.7. The summed E-state index contributed by atoms with van der Waals surface area (Å²) in [5, 5.41) is 10.2. The Balaban J connectivity index is 1.64. The molecule has 7 nitrogen and oxygen atoms in total. The Kier molecular flexibility index (Phi) is 5.12. The molecule has 8 heteroatoms. The number of aromatic nitrogens is 4. The van der Waals surface area contributed by atoms with Crippen molar-refractivity contribution in [3.05, 3.63) is 60.1 Å². The van der Waals surface area contributed by atoms with Crippen LogP contribution in [0.5, 0.6) is 0 Å². The average molecular weight is 394 g/mol. The number of pyridine rings is 1. The number of fused-ring (bicyclic) bond motifs is 1. The quantitative estimate of drug-likeness (QED) is 0.360. The Bertz CT molecular complexity index is 1120. The van der Waals surface area contributed by atoms with Gasteiger partial charge in [0.25, 0.3) is 0 Å². The molecule has 0 saturated carbocycles. The van der Waals surface area contributed by atoms with Gasteiger partial charge in [-0.2, -0.15) is 0 Å². The van der Waals surface area contributed by atoms with Gasteiger partial charge in [-0.3, -0.25) is 4.98 Å². The van der Waals surface area contributed by atoms with Crippen LogP contribution in [-0.2, 0) is 17.5 Å². The lowest BCUT2D eigenvalue weighted by Crippen LogP contribution is -2.06. The number of carbonyl (C=O) groups excluding carboxylic acids is 1. The number of carbonyl (C=O) groups is 1. The van der Waals surface area contributed by atoms with E-state index in [0.717, 1.165) is 27.5 Å². The first-order valence-electron chi connectivity index (χ1n) is 8.79. The molecule has 0 amide bonds. The number of para-hydroxylation sites is 1. The van der Waals surface area contributed by atoms with Crippen molar-refractivity contribution in [3.63, 3.8) is 0 Å². The lowest BCUT2D eigenvalue weighted by atomic mass is 10.1. The molecule has 0 spiro atoms. The fourth-order valence-electron chi connectivity index (χ4n) is 2.93. The Labute approximate surface area is 165 Å². The highest BCUT2D eigenvalue weighted by Crippen LogP contribution is 2.32. The van der Waals surface area contributed by atoms with E-state index in [1.165, 1.54) is 11.8 Å². The second-order valence-corrected chi connectivity index (χ2v) is 6.96. The number of hydrogen-bond donors (Lipinski definition) is 0. The molecule has 3 aromatic heterocycles. The first kappa shape index (κ1) is 18.2. The highest BCUT2D eigenvalue weighted by atomic mass is 32.2. The topological polar surface area (TPSA) is 83.0 Å². The lowest BCUT2D eigenvalue weighted by molar-refractivity contribution is 0.0491. The van der Waals surface area contributed by atoms with E-state index in [4.69, 9.17) is 9.15 Å². The van der Waals surface area contributed by atoms with Crippen LogP contribution >= 0.6 is 11.8 Å². The van der Waals surface area contributed by atoms with E-state index in [9.17, 15) is 4.79 Å². The number of esters is 1. The molecule has 0 aliphatic rings. The van der Waals surface area contributed by atoms with Gasteiger partial charge in [0.05, 0.1) is 6.61 Å². The van der Waals surface area contributed by atoms with Gasteiger partial charge in [0.2, 0.25) is 5.76 Å². The second-order valence-electron chi connectivity index (χ2n) is 6.02. The van der Waals surface area contributed by atoms with Gasteiger partial charge in [0.1, 0.15) is 5.58 Å². The smallest absolute Gasteiger partial charge is 0.374 e. The third kappa shape index (κ3) is 3.38. The fourth-order valence-corrected chi connectivity index (χ4v) is 3.87. The fraction of sp³-hybridized carbons (Fsp3) is 0.200. The van der Waals surface area contributed by atoms with E-state index in [2.05, 4.69) is 15.2 Å². The summed E-state index contributed by atoms with van der Waals surface area (Å²) in [4.78, 5) is 16.5. The summed E-state index contributed by atoms with van der Waals surface area (Å²) in [6.45, 7) is 2.06. The molecule has 0 fully saturated rings. The summed E-state index contributed by atoms with van der Waals surface area (Å²) >= 11 is 1.49. The van der Waals surface area contributed by atoms with E-state index in [0.29, 0.717) is 17.9 Å². The number of benzene rings is 1. The van der Waals surface area contributed by atoms with Crippen LogP contribution in [0.15, 0.2) is 58.4 Å². The van der Waals surface area contributed by atoms with Gasteiger partial charge in [-0.05, 0) is 25.1 Å². The highest BCUT2D eigenvalue weighted by Gasteiger charge is 2.22. The van der Waals surface area contributed by atoms with E-state index in [1.807, 2.05) is 48.0 Å². The largest absolute Gasteiger partial charge is 0.460 e. The molecule has 0 bridgehead atoms. The predicted octanol–water partition coefficient (Wildman–Crippen LogP) is 4.09. The first-order valence-corrected chi connectivity index (χ1v) is 9.77. The van der Waals surface area contributed by atoms with Crippen molar-refractivity contribution < 1.29 is 13.9 Å². The Morgan fingerprint density at radius 2 is 2.07 bits per heavy atom. The molecule has 0 unspecified atom stereocenters. The Hall–Kier alpha value is -3.13. The molecule has 0 aliphatic heterocycles. The minimum absolute atomic E-state index is 0.241. The van der Waals surface area contributed by atoms with Gasteiger partial charge in [-0.1, -0.05) is 30.0 Å². The third-order valence-electron chi connectivity index (χ3n) is 4.26. The SMILES string of the molecule is CCOC(=O)c1oc2ccccc2c1CSc1nnc(-c2cccnc2)n1C. The van der Waals surface area contributed by atoms with Gasteiger partial charge in [0, 0.05) is 41.7 Å². The lowest BCUT2D eigenvalue weighted by Gasteiger charge is -2.05. The van der Waals surface area contributed by atoms with Crippen molar-refractivity contribution in [2.45, 2.75) is 17.8 Å². The van der Waals surface area contributed by atoms with Crippen molar-refractivity contribution in [1.82, 2.24) is 19.7 Å². The van der Waals surface area contributed by atoms with E-state index in [1.54, 1.807) is 19.3 Å². The van der Waals surface area contributed by atoms with Gasteiger partial charge in [-0.15, -0.1) is 10.2 Å². The summed E-state index contributed by atoms with van der Waals surface area (Å²) in [6, 6.07) is 11.4. The summed E-state index contributed by atoms with van der Waals surface area (Å²) in [5.41, 5.74) is 2.35. The molecule has 28 heavy (non-hydrogen) atoms. The van der Waals surface area contributed by atoms with Gasteiger partial charge in [0.15, 0.2) is 11.0 Å². The van der Waals surface area contributed by atoms with Crippen molar-refractivity contribution >= 4 is 28.7 Å². The molecule has 0 N–H and O–H groups in total. The molecule has 0 atom stereocenters. The maximum atomic E-state index is 12.3. The zero-order valence-corrected chi connectivity index (χ0v) is 16.3. The van der Waals surface area contributed by atoms with Crippen molar-refractivity contribution in [3.8, 4) is 11.4 Å². The highest BCUT2D eigenvalue weighted by molar-refractivity contribution is 7.98. The normalized spacial score (nSPS) is 11.1. The second kappa shape index (κ2) is 7.85. The third-order valence-corrected chi connectivity index (χ3v) is 5.31. The van der Waals surface area contributed by atoms with E-state index >= 15 is 0 Å². The molecular formula is C20H18N4O3S. The maximum Gasteiger partial charge on any atom is 0.374 e. The Morgan fingerprint density at radius 3 is 2.86 bits per heavy atom. The van der Waals surface area contributed by atoms with Crippen molar-refractivity contribution in [2.75, 3.05) is 6.61 Å². The number of thioether (sulfide) groups is 1. The molecule has 0 saturated heterocycles. The summed E-state index contributed by atoms with van der Waals surface area (Å²) in [6.07, 6.45) is 3.47. The van der Waals surface area contributed by atoms with Crippen LogP contribution in [0.2, 0.25) is 0 Å². The number of hydrogen-bond acceptors (Lipinski definition) is 7.